The van der Waals surface area contributed by atoms with E-state index in [4.69, 9.17) is 20.3 Å². The number of nitrogen functional groups attached to an aromatic ring is 1. The van der Waals surface area contributed by atoms with Crippen LogP contribution < -0.4 is 10.5 Å². The minimum Gasteiger partial charge on any atom is -0.467 e. The highest BCUT2D eigenvalue weighted by Gasteiger charge is 2.29. The lowest BCUT2D eigenvalue weighted by atomic mass is 10.1. The molecule has 0 amide bonds. The number of rotatable bonds is 5. The lowest BCUT2D eigenvalue weighted by Crippen LogP contribution is -2.29. The van der Waals surface area contributed by atoms with Gasteiger partial charge in [0.25, 0.3) is 0 Å². The van der Waals surface area contributed by atoms with Crippen LogP contribution in [0.5, 0.6) is 5.75 Å². The molecule has 3 N–H and O–H groups in total. The van der Waals surface area contributed by atoms with Gasteiger partial charge in [-0.25, -0.2) is 0 Å². The summed E-state index contributed by atoms with van der Waals surface area (Å²) in [6.45, 7) is 2.51. The van der Waals surface area contributed by atoms with Crippen LogP contribution in [-0.4, -0.2) is 36.0 Å². The summed E-state index contributed by atoms with van der Waals surface area (Å²) in [4.78, 5) is 2.30. The lowest BCUT2D eigenvalue weighted by molar-refractivity contribution is -0.0175. The van der Waals surface area contributed by atoms with Crippen LogP contribution in [0.2, 0.25) is 0 Å². The molecule has 5 nitrogen and oxygen atoms in total. The van der Waals surface area contributed by atoms with Crippen molar-refractivity contribution < 1.29 is 14.6 Å². The maximum absolute atomic E-state index is 9.17. The third-order valence-electron chi connectivity index (χ3n) is 3.63. The molecule has 2 aliphatic rings. The van der Waals surface area contributed by atoms with Crippen molar-refractivity contribution in [2.45, 2.75) is 32.0 Å². The predicted molar refractivity (Wildman–Crippen MR) is 71.7 cm³/mol. The summed E-state index contributed by atoms with van der Waals surface area (Å²) < 4.78 is 10.9. The quantitative estimate of drug-likeness (QED) is 0.779. The van der Waals surface area contributed by atoms with Crippen LogP contribution in [0, 0.1) is 0 Å². The molecule has 0 unspecified atom stereocenters. The molecule has 3 rings (SSSR count). The minimum atomic E-state index is 0.185. The second-order valence-electron chi connectivity index (χ2n) is 5.20. The molecule has 0 bridgehead atoms. The molecule has 1 aromatic rings. The van der Waals surface area contributed by atoms with Crippen LogP contribution in [0.25, 0.3) is 0 Å². The third kappa shape index (κ3) is 2.83. The van der Waals surface area contributed by atoms with Crippen LogP contribution in [0.15, 0.2) is 12.1 Å². The van der Waals surface area contributed by atoms with E-state index in [0.717, 1.165) is 29.1 Å². The Morgan fingerprint density at radius 2 is 2.21 bits per heavy atom. The molecule has 0 aromatic heterocycles. The predicted octanol–water partition coefficient (Wildman–Crippen LogP) is 1.09. The summed E-state index contributed by atoms with van der Waals surface area (Å²) in [5.41, 5.74) is 8.79. The molecule has 1 saturated carbocycles. The molecule has 104 valence electrons. The van der Waals surface area contributed by atoms with Crippen molar-refractivity contribution in [3.8, 4) is 5.75 Å². The summed E-state index contributed by atoms with van der Waals surface area (Å²) in [6, 6.07) is 4.48. The van der Waals surface area contributed by atoms with Gasteiger partial charge in [-0.3, -0.25) is 4.90 Å². The van der Waals surface area contributed by atoms with Gasteiger partial charge in [0.15, 0.2) is 6.79 Å². The Balaban J connectivity index is 1.84. The van der Waals surface area contributed by atoms with Gasteiger partial charge in [0.1, 0.15) is 5.75 Å². The van der Waals surface area contributed by atoms with Crippen LogP contribution in [0.1, 0.15) is 24.0 Å². The molecule has 1 heterocycles. The molecule has 1 aromatic carbocycles. The molecule has 5 heteroatoms. The Morgan fingerprint density at radius 1 is 1.37 bits per heavy atom. The third-order valence-corrected chi connectivity index (χ3v) is 3.63. The van der Waals surface area contributed by atoms with E-state index in [1.54, 1.807) is 0 Å². The largest absolute Gasteiger partial charge is 0.467 e. The number of fused-ring (bicyclic) bond motifs is 1. The zero-order valence-corrected chi connectivity index (χ0v) is 11.0. The van der Waals surface area contributed by atoms with E-state index in [1.807, 2.05) is 12.1 Å². The van der Waals surface area contributed by atoms with E-state index in [-0.39, 0.29) is 6.61 Å². The van der Waals surface area contributed by atoms with Crippen LogP contribution in [0.3, 0.4) is 0 Å². The van der Waals surface area contributed by atoms with Crippen molar-refractivity contribution in [3.05, 3.63) is 23.3 Å². The van der Waals surface area contributed by atoms with Crippen molar-refractivity contribution >= 4 is 5.69 Å². The molecule has 1 fully saturated rings. The Bertz CT molecular complexity index is 460. The fourth-order valence-electron chi connectivity index (χ4n) is 2.62. The molecular weight excluding hydrogens is 244 g/mol. The number of nitrogens with two attached hydrogens (primary N) is 1. The van der Waals surface area contributed by atoms with Crippen molar-refractivity contribution in [2.75, 3.05) is 25.7 Å². The first-order valence-electron chi connectivity index (χ1n) is 6.74. The molecule has 19 heavy (non-hydrogen) atoms. The van der Waals surface area contributed by atoms with Crippen molar-refractivity contribution in [1.29, 1.82) is 0 Å². The fraction of sp³-hybridized carbons (Fsp3) is 0.571. The molecule has 0 saturated heterocycles. The van der Waals surface area contributed by atoms with Crippen molar-refractivity contribution in [1.82, 2.24) is 4.90 Å². The zero-order chi connectivity index (χ0) is 13.2. The summed E-state index contributed by atoms with van der Waals surface area (Å²) >= 11 is 0. The Morgan fingerprint density at radius 3 is 2.95 bits per heavy atom. The number of nitrogens with zero attached hydrogens (tertiary/aromatic N) is 1. The first-order valence-corrected chi connectivity index (χ1v) is 6.74. The maximum atomic E-state index is 9.17. The smallest absolute Gasteiger partial charge is 0.189 e. The van der Waals surface area contributed by atoms with Gasteiger partial charge in [0.2, 0.25) is 0 Å². The molecule has 0 spiro atoms. The second kappa shape index (κ2) is 5.36. The van der Waals surface area contributed by atoms with Crippen LogP contribution in [0.4, 0.5) is 5.69 Å². The van der Waals surface area contributed by atoms with E-state index in [9.17, 15) is 0 Å². The van der Waals surface area contributed by atoms with Gasteiger partial charge in [-0.1, -0.05) is 0 Å². The van der Waals surface area contributed by atoms with E-state index in [1.165, 1.54) is 12.8 Å². The summed E-state index contributed by atoms with van der Waals surface area (Å²) in [5.74, 6) is 0.907. The van der Waals surface area contributed by atoms with Gasteiger partial charge in [0, 0.05) is 35.9 Å². The SMILES string of the molecule is Nc1cc2c(c(CN(CCO)C3CC3)c1)OCOC2. The van der Waals surface area contributed by atoms with Crippen LogP contribution in [-0.2, 0) is 17.9 Å². The minimum absolute atomic E-state index is 0.185. The molecule has 0 radical (unpaired) electrons. The van der Waals surface area contributed by atoms with Gasteiger partial charge in [-0.2, -0.15) is 0 Å². The topological polar surface area (TPSA) is 68.0 Å². The van der Waals surface area contributed by atoms with Crippen molar-refractivity contribution in [3.63, 3.8) is 0 Å². The zero-order valence-electron chi connectivity index (χ0n) is 11.0. The number of anilines is 1. The molecular formula is C14H20N2O3. The number of aliphatic hydroxyl groups is 1. The summed E-state index contributed by atoms with van der Waals surface area (Å²) in [5, 5.41) is 9.17. The number of hydrogen-bond acceptors (Lipinski definition) is 5. The molecule has 0 atom stereocenters. The summed E-state index contributed by atoms with van der Waals surface area (Å²) in [7, 11) is 0. The summed E-state index contributed by atoms with van der Waals surface area (Å²) in [6.07, 6.45) is 2.43. The number of hydrogen-bond donors (Lipinski definition) is 2. The highest BCUT2D eigenvalue weighted by molar-refractivity contribution is 5.53. The van der Waals surface area contributed by atoms with Gasteiger partial charge in [0.05, 0.1) is 13.2 Å². The van der Waals surface area contributed by atoms with Gasteiger partial charge < -0.3 is 20.3 Å². The van der Waals surface area contributed by atoms with Gasteiger partial charge in [-0.15, -0.1) is 0 Å². The normalized spacial score (nSPS) is 18.2. The van der Waals surface area contributed by atoms with Gasteiger partial charge in [-0.05, 0) is 25.0 Å². The lowest BCUT2D eigenvalue weighted by Gasteiger charge is -2.26. The van der Waals surface area contributed by atoms with E-state index >= 15 is 0 Å². The van der Waals surface area contributed by atoms with E-state index in [2.05, 4.69) is 4.90 Å². The number of benzene rings is 1. The molecule has 1 aliphatic heterocycles. The van der Waals surface area contributed by atoms with Crippen molar-refractivity contribution in [2.24, 2.45) is 0 Å². The standard InChI is InChI=1S/C14H20N2O3/c15-12-5-10(7-16(3-4-17)13-1-2-13)14-11(6-12)8-18-9-19-14/h5-6,13,17H,1-4,7-9,15H2. The van der Waals surface area contributed by atoms with Gasteiger partial charge >= 0.3 is 0 Å². The average Bonchev–Trinajstić information content (AvgIpc) is 3.22. The first kappa shape index (κ1) is 12.7. The van der Waals surface area contributed by atoms with E-state index in [0.29, 0.717) is 26.0 Å². The highest BCUT2D eigenvalue weighted by Crippen LogP contribution is 2.34. The Labute approximate surface area is 112 Å². The monoisotopic (exact) mass is 264 g/mol. The van der Waals surface area contributed by atoms with Crippen LogP contribution >= 0.6 is 0 Å². The second-order valence-corrected chi connectivity index (χ2v) is 5.20. The average molecular weight is 264 g/mol. The number of aliphatic hydroxyl groups excluding tert-OH is 1. The Hall–Kier alpha value is -1.30. The number of ether oxygens (including phenoxy) is 2. The van der Waals surface area contributed by atoms with E-state index < -0.39 is 0 Å². The maximum Gasteiger partial charge on any atom is 0.189 e. The highest BCUT2D eigenvalue weighted by atomic mass is 16.7. The first-order chi connectivity index (χ1) is 9.28. The molecule has 1 aliphatic carbocycles. The fourth-order valence-corrected chi connectivity index (χ4v) is 2.62. The Kier molecular flexibility index (Phi) is 3.59.